The third-order valence-corrected chi connectivity index (χ3v) is 6.80. The Hall–Kier alpha value is -3.06. The molecule has 6 nitrogen and oxygen atoms in total. The molecule has 0 aliphatic rings. The van der Waals surface area contributed by atoms with Gasteiger partial charge in [0.25, 0.3) is 0 Å². The molecule has 0 saturated heterocycles. The van der Waals surface area contributed by atoms with Crippen LogP contribution in [0.4, 0.5) is 5.69 Å². The number of aromatic nitrogens is 3. The lowest BCUT2D eigenvalue weighted by molar-refractivity contribution is -0.113. The largest absolute Gasteiger partial charge is 0.494 e. The van der Waals surface area contributed by atoms with E-state index in [1.807, 2.05) is 47.0 Å². The first-order valence-electron chi connectivity index (χ1n) is 12.5. The van der Waals surface area contributed by atoms with Gasteiger partial charge in [0.05, 0.1) is 12.4 Å². The Labute approximate surface area is 219 Å². The van der Waals surface area contributed by atoms with Gasteiger partial charge in [-0.25, -0.2) is 0 Å². The van der Waals surface area contributed by atoms with Gasteiger partial charge in [-0.1, -0.05) is 76.7 Å². The van der Waals surface area contributed by atoms with E-state index in [1.165, 1.54) is 22.9 Å². The van der Waals surface area contributed by atoms with Crippen molar-refractivity contribution < 1.29 is 9.53 Å². The van der Waals surface area contributed by atoms with Crippen molar-refractivity contribution in [1.82, 2.24) is 14.8 Å². The standard InChI is InChI=1S/C29H38N4O2S/c1-7-18-33-26(9-8-19-35-25-16-12-23(13-17-25)29(4,5)6)31-32-28(33)36-20-27(34)30-24-14-10-22(11-15-24)21(2)3/h7,10-17,21H,1,8-9,18-20H2,2-6H3,(H,30,34). The highest BCUT2D eigenvalue weighted by atomic mass is 32.2. The number of thioether (sulfide) groups is 1. The van der Waals surface area contributed by atoms with Crippen LogP contribution in [-0.2, 0) is 23.2 Å². The van der Waals surface area contributed by atoms with Crippen molar-refractivity contribution >= 4 is 23.4 Å². The highest BCUT2D eigenvalue weighted by Crippen LogP contribution is 2.24. The zero-order chi connectivity index (χ0) is 26.1. The molecular formula is C29H38N4O2S. The number of hydrogen-bond acceptors (Lipinski definition) is 5. The van der Waals surface area contributed by atoms with Gasteiger partial charge in [-0.05, 0) is 53.1 Å². The Kier molecular flexibility index (Phi) is 9.76. The molecule has 3 rings (SSSR count). The normalized spacial score (nSPS) is 11.5. The van der Waals surface area contributed by atoms with Crippen LogP contribution in [0.5, 0.6) is 5.75 Å². The second kappa shape index (κ2) is 12.8. The van der Waals surface area contributed by atoms with Gasteiger partial charge < -0.3 is 14.6 Å². The molecule has 0 aliphatic carbocycles. The number of carbonyl (C=O) groups is 1. The van der Waals surface area contributed by atoms with Crippen LogP contribution in [-0.4, -0.2) is 33.0 Å². The van der Waals surface area contributed by atoms with Crippen molar-refractivity contribution in [3.63, 3.8) is 0 Å². The molecule has 1 aromatic heterocycles. The number of ether oxygens (including phenoxy) is 1. The van der Waals surface area contributed by atoms with Gasteiger partial charge in [0.15, 0.2) is 5.16 Å². The molecule has 1 heterocycles. The molecule has 36 heavy (non-hydrogen) atoms. The van der Waals surface area contributed by atoms with Crippen LogP contribution in [0.3, 0.4) is 0 Å². The van der Waals surface area contributed by atoms with Gasteiger partial charge >= 0.3 is 0 Å². The third kappa shape index (κ3) is 7.98. The number of hydrogen-bond donors (Lipinski definition) is 1. The maximum atomic E-state index is 12.5. The Balaban J connectivity index is 1.49. The van der Waals surface area contributed by atoms with Gasteiger partial charge in [-0.3, -0.25) is 4.79 Å². The first-order valence-corrected chi connectivity index (χ1v) is 13.4. The molecule has 0 atom stereocenters. The summed E-state index contributed by atoms with van der Waals surface area (Å²) in [5.74, 6) is 2.39. The number of nitrogens with zero attached hydrogens (tertiary/aromatic N) is 3. The van der Waals surface area contributed by atoms with Crippen LogP contribution in [0.1, 0.15) is 63.9 Å². The van der Waals surface area contributed by atoms with Gasteiger partial charge in [0.1, 0.15) is 11.6 Å². The highest BCUT2D eigenvalue weighted by Gasteiger charge is 2.15. The second-order valence-electron chi connectivity index (χ2n) is 10.1. The number of aryl methyl sites for hydroxylation is 1. The number of rotatable bonds is 12. The van der Waals surface area contributed by atoms with Gasteiger partial charge in [-0.15, -0.1) is 16.8 Å². The molecule has 0 radical (unpaired) electrons. The minimum absolute atomic E-state index is 0.0714. The third-order valence-electron chi connectivity index (χ3n) is 5.83. The lowest BCUT2D eigenvalue weighted by Crippen LogP contribution is -2.15. The molecule has 0 aliphatic heterocycles. The Morgan fingerprint density at radius 1 is 1.11 bits per heavy atom. The van der Waals surface area contributed by atoms with E-state index in [-0.39, 0.29) is 17.1 Å². The van der Waals surface area contributed by atoms with Gasteiger partial charge in [0, 0.05) is 18.7 Å². The van der Waals surface area contributed by atoms with E-state index in [4.69, 9.17) is 4.74 Å². The minimum Gasteiger partial charge on any atom is -0.494 e. The van der Waals surface area contributed by atoms with Crippen molar-refractivity contribution in [3.8, 4) is 5.75 Å². The summed E-state index contributed by atoms with van der Waals surface area (Å²) >= 11 is 1.38. The molecule has 1 N–H and O–H groups in total. The van der Waals surface area contributed by atoms with Crippen LogP contribution in [0, 0.1) is 0 Å². The fraction of sp³-hybridized carbons (Fsp3) is 0.414. The first-order chi connectivity index (χ1) is 17.2. The zero-order valence-electron chi connectivity index (χ0n) is 22.1. The van der Waals surface area contributed by atoms with Crippen LogP contribution in [0.25, 0.3) is 0 Å². The van der Waals surface area contributed by atoms with E-state index in [2.05, 4.69) is 68.8 Å². The van der Waals surface area contributed by atoms with E-state index in [1.54, 1.807) is 0 Å². The fourth-order valence-electron chi connectivity index (χ4n) is 3.67. The number of benzene rings is 2. The topological polar surface area (TPSA) is 69.0 Å². The molecular weight excluding hydrogens is 468 g/mol. The van der Waals surface area contributed by atoms with E-state index in [0.717, 1.165) is 30.1 Å². The first kappa shape index (κ1) is 27.5. The summed E-state index contributed by atoms with van der Waals surface area (Å²) in [6.45, 7) is 15.9. The molecule has 2 aromatic carbocycles. The van der Waals surface area contributed by atoms with E-state index < -0.39 is 0 Å². The molecule has 0 bridgehead atoms. The van der Waals surface area contributed by atoms with E-state index in [0.29, 0.717) is 24.2 Å². The SMILES string of the molecule is C=CCn1c(CCCOc2ccc(C(C)(C)C)cc2)nnc1SCC(=O)Nc1ccc(C(C)C)cc1. The highest BCUT2D eigenvalue weighted by molar-refractivity contribution is 7.99. The quantitative estimate of drug-likeness (QED) is 0.170. The number of nitrogens with one attached hydrogen (secondary N) is 1. The molecule has 7 heteroatoms. The van der Waals surface area contributed by atoms with E-state index in [9.17, 15) is 4.79 Å². The van der Waals surface area contributed by atoms with E-state index >= 15 is 0 Å². The van der Waals surface area contributed by atoms with Crippen molar-refractivity contribution in [2.75, 3.05) is 17.7 Å². The molecule has 0 fully saturated rings. The number of allylic oxidation sites excluding steroid dienone is 1. The van der Waals surface area contributed by atoms with Crippen molar-refractivity contribution in [3.05, 3.63) is 78.1 Å². The molecule has 0 spiro atoms. The molecule has 3 aromatic rings. The second-order valence-corrected chi connectivity index (χ2v) is 11.1. The summed E-state index contributed by atoms with van der Waals surface area (Å²) in [6, 6.07) is 16.3. The molecule has 1 amide bonds. The lowest BCUT2D eigenvalue weighted by Gasteiger charge is -2.19. The monoisotopic (exact) mass is 506 g/mol. The maximum Gasteiger partial charge on any atom is 0.234 e. The van der Waals surface area contributed by atoms with Gasteiger partial charge in [-0.2, -0.15) is 0 Å². The maximum absolute atomic E-state index is 12.5. The average molecular weight is 507 g/mol. The van der Waals surface area contributed by atoms with Crippen LogP contribution < -0.4 is 10.1 Å². The summed E-state index contributed by atoms with van der Waals surface area (Å²) in [6.07, 6.45) is 3.37. The fourth-order valence-corrected chi connectivity index (χ4v) is 4.44. The van der Waals surface area contributed by atoms with Crippen LogP contribution >= 0.6 is 11.8 Å². The van der Waals surface area contributed by atoms with Crippen molar-refractivity contribution in [1.29, 1.82) is 0 Å². The number of anilines is 1. The van der Waals surface area contributed by atoms with Crippen LogP contribution in [0.2, 0.25) is 0 Å². The van der Waals surface area contributed by atoms with Gasteiger partial charge in [0.2, 0.25) is 5.91 Å². The average Bonchev–Trinajstić information content (AvgIpc) is 3.22. The van der Waals surface area contributed by atoms with Crippen LogP contribution in [0.15, 0.2) is 66.3 Å². The summed E-state index contributed by atoms with van der Waals surface area (Å²) in [7, 11) is 0. The van der Waals surface area contributed by atoms with Crippen molar-refractivity contribution in [2.45, 2.75) is 70.5 Å². The minimum atomic E-state index is -0.0714. The Morgan fingerprint density at radius 3 is 2.42 bits per heavy atom. The summed E-state index contributed by atoms with van der Waals surface area (Å²) < 4.78 is 7.94. The van der Waals surface area contributed by atoms with Crippen molar-refractivity contribution in [2.24, 2.45) is 0 Å². The summed E-state index contributed by atoms with van der Waals surface area (Å²) in [5, 5.41) is 12.4. The number of amides is 1. The predicted octanol–water partition coefficient (Wildman–Crippen LogP) is 6.63. The Morgan fingerprint density at radius 2 is 1.81 bits per heavy atom. The molecule has 192 valence electrons. The predicted molar refractivity (Wildman–Crippen MR) is 149 cm³/mol. The lowest BCUT2D eigenvalue weighted by atomic mass is 9.87. The smallest absolute Gasteiger partial charge is 0.234 e. The number of carbonyl (C=O) groups excluding carboxylic acids is 1. The summed E-state index contributed by atoms with van der Waals surface area (Å²) in [5.41, 5.74) is 3.46. The molecule has 0 saturated carbocycles. The Bertz CT molecular complexity index is 1130. The zero-order valence-corrected chi connectivity index (χ0v) is 22.9. The molecule has 0 unspecified atom stereocenters. The summed E-state index contributed by atoms with van der Waals surface area (Å²) in [4.78, 5) is 12.5.